The van der Waals surface area contributed by atoms with E-state index in [0.29, 0.717) is 4.77 Å². The minimum Gasteiger partial charge on any atom is -0.335 e. The molecule has 0 radical (unpaired) electrons. The van der Waals surface area contributed by atoms with E-state index >= 15 is 0 Å². The second-order valence-corrected chi connectivity index (χ2v) is 5.35. The zero-order valence-corrected chi connectivity index (χ0v) is 11.5. The van der Waals surface area contributed by atoms with Gasteiger partial charge in [0.1, 0.15) is 6.54 Å². The number of anilines is 1. The smallest absolute Gasteiger partial charge is 0.335 e. The van der Waals surface area contributed by atoms with Gasteiger partial charge in [-0.25, -0.2) is 5.10 Å². The van der Waals surface area contributed by atoms with Crippen LogP contribution in [0, 0.1) is 4.77 Å². The average Bonchev–Trinajstić information content (AvgIpc) is 2.70. The Kier molecular flexibility index (Phi) is 4.17. The van der Waals surface area contributed by atoms with Crippen LogP contribution in [0.25, 0.3) is 0 Å². The van der Waals surface area contributed by atoms with E-state index in [9.17, 15) is 13.2 Å². The van der Waals surface area contributed by atoms with E-state index in [4.69, 9.17) is 12.2 Å². The van der Waals surface area contributed by atoms with Gasteiger partial charge in [-0.3, -0.25) is 4.57 Å². The molecule has 0 bridgehead atoms. The number of hydrogen-bond donors (Lipinski definition) is 1. The lowest BCUT2D eigenvalue weighted by atomic mass is 9.95. The number of rotatable bonds is 3. The first-order valence-electron chi connectivity index (χ1n) is 6.33. The molecular formula is C11H17F3N4S. The Labute approximate surface area is 114 Å². The summed E-state index contributed by atoms with van der Waals surface area (Å²) in [4.78, 5) is 1.10. The van der Waals surface area contributed by atoms with Crippen LogP contribution >= 0.6 is 12.2 Å². The molecular weight excluding hydrogens is 277 g/mol. The molecule has 108 valence electrons. The highest BCUT2D eigenvalue weighted by Crippen LogP contribution is 2.31. The van der Waals surface area contributed by atoms with Crippen LogP contribution in [0.4, 0.5) is 19.1 Å². The third-order valence-corrected chi connectivity index (χ3v) is 3.67. The Hall–Kier alpha value is -1.05. The first-order chi connectivity index (χ1) is 8.88. The average molecular weight is 294 g/mol. The predicted octanol–water partition coefficient (Wildman–Crippen LogP) is 3.44. The molecule has 1 aliphatic rings. The molecule has 0 aromatic carbocycles. The third kappa shape index (κ3) is 3.49. The van der Waals surface area contributed by atoms with Crippen molar-refractivity contribution in [2.24, 2.45) is 0 Å². The minimum atomic E-state index is -4.25. The summed E-state index contributed by atoms with van der Waals surface area (Å²) in [6.45, 7) is -1.03. The number of hydrogen-bond acceptors (Lipinski definition) is 3. The highest BCUT2D eigenvalue weighted by Gasteiger charge is 2.32. The molecule has 4 nitrogen and oxygen atoms in total. The molecule has 0 atom stereocenters. The second kappa shape index (κ2) is 5.52. The van der Waals surface area contributed by atoms with E-state index in [1.165, 1.54) is 13.5 Å². The Morgan fingerprint density at radius 2 is 2.00 bits per heavy atom. The summed E-state index contributed by atoms with van der Waals surface area (Å²) in [5, 5.41) is 6.55. The molecule has 0 unspecified atom stereocenters. The number of H-pyrrole nitrogens is 1. The highest BCUT2D eigenvalue weighted by atomic mass is 32.1. The number of alkyl halides is 3. The van der Waals surface area contributed by atoms with Gasteiger partial charge in [0.05, 0.1) is 0 Å². The molecule has 19 heavy (non-hydrogen) atoms. The summed E-state index contributed by atoms with van der Waals surface area (Å²) < 4.78 is 39.5. The maximum atomic E-state index is 12.5. The van der Waals surface area contributed by atoms with Crippen molar-refractivity contribution in [2.75, 3.05) is 18.5 Å². The van der Waals surface area contributed by atoms with E-state index in [-0.39, 0.29) is 12.0 Å². The SMILES string of the molecule is CN(CC(F)(F)F)c1n[nH]c(=S)n1C1CCCCC1. The molecule has 1 aromatic heterocycles. The molecule has 8 heteroatoms. The maximum Gasteiger partial charge on any atom is 0.406 e. The van der Waals surface area contributed by atoms with E-state index in [1.807, 2.05) is 0 Å². The monoisotopic (exact) mass is 294 g/mol. The van der Waals surface area contributed by atoms with Crippen molar-refractivity contribution in [3.05, 3.63) is 4.77 Å². The van der Waals surface area contributed by atoms with Gasteiger partial charge in [-0.05, 0) is 25.1 Å². The highest BCUT2D eigenvalue weighted by molar-refractivity contribution is 7.71. The molecule has 0 spiro atoms. The Balaban J connectivity index is 2.24. The van der Waals surface area contributed by atoms with E-state index in [0.717, 1.165) is 30.6 Å². The van der Waals surface area contributed by atoms with Gasteiger partial charge in [0, 0.05) is 13.1 Å². The van der Waals surface area contributed by atoms with Crippen LogP contribution in [0.5, 0.6) is 0 Å². The molecule has 0 amide bonds. The number of halogens is 3. The molecule has 1 fully saturated rings. The van der Waals surface area contributed by atoms with Gasteiger partial charge in [-0.15, -0.1) is 5.10 Å². The van der Waals surface area contributed by atoms with Crippen LogP contribution < -0.4 is 4.90 Å². The fourth-order valence-electron chi connectivity index (χ4n) is 2.57. The molecule has 1 N–H and O–H groups in total. The minimum absolute atomic E-state index is 0.158. The van der Waals surface area contributed by atoms with Gasteiger partial charge in [0.15, 0.2) is 4.77 Å². The Bertz CT molecular complexity index is 473. The molecule has 2 rings (SSSR count). The standard InChI is InChI=1S/C11H17F3N4S/c1-17(7-11(12,13)14)9-15-16-10(19)18(9)8-5-3-2-4-6-8/h8H,2-7H2,1H3,(H,16,19). The predicted molar refractivity (Wildman–Crippen MR) is 68.9 cm³/mol. The van der Waals surface area contributed by atoms with E-state index < -0.39 is 12.7 Å². The maximum absolute atomic E-state index is 12.5. The molecule has 0 aliphatic heterocycles. The summed E-state index contributed by atoms with van der Waals surface area (Å²) in [7, 11) is 1.39. The van der Waals surface area contributed by atoms with Gasteiger partial charge >= 0.3 is 6.18 Å². The summed E-state index contributed by atoms with van der Waals surface area (Å²) in [6.07, 6.45) is 0.983. The van der Waals surface area contributed by atoms with Gasteiger partial charge in [0.25, 0.3) is 0 Å². The second-order valence-electron chi connectivity index (χ2n) is 4.96. The summed E-state index contributed by atoms with van der Waals surface area (Å²) >= 11 is 5.15. The summed E-state index contributed by atoms with van der Waals surface area (Å²) in [5.41, 5.74) is 0. The molecule has 1 aromatic rings. The fourth-order valence-corrected chi connectivity index (χ4v) is 2.85. The van der Waals surface area contributed by atoms with Crippen molar-refractivity contribution in [3.63, 3.8) is 0 Å². The van der Waals surface area contributed by atoms with Crippen molar-refractivity contribution in [3.8, 4) is 0 Å². The number of aromatic nitrogens is 3. The van der Waals surface area contributed by atoms with E-state index in [1.54, 1.807) is 4.57 Å². The van der Waals surface area contributed by atoms with Crippen molar-refractivity contribution >= 4 is 18.2 Å². The lowest BCUT2D eigenvalue weighted by Crippen LogP contribution is -2.33. The quantitative estimate of drug-likeness (QED) is 0.868. The Morgan fingerprint density at radius 1 is 1.37 bits per heavy atom. The van der Waals surface area contributed by atoms with Crippen molar-refractivity contribution < 1.29 is 13.2 Å². The van der Waals surface area contributed by atoms with Crippen LogP contribution in [-0.2, 0) is 0 Å². The third-order valence-electron chi connectivity index (χ3n) is 3.38. The molecule has 1 aliphatic carbocycles. The number of nitrogens with one attached hydrogen (secondary N) is 1. The Morgan fingerprint density at radius 3 is 2.58 bits per heavy atom. The van der Waals surface area contributed by atoms with Crippen LogP contribution in [-0.4, -0.2) is 34.5 Å². The first-order valence-corrected chi connectivity index (χ1v) is 6.74. The largest absolute Gasteiger partial charge is 0.406 e. The van der Waals surface area contributed by atoms with Crippen molar-refractivity contribution in [1.29, 1.82) is 0 Å². The van der Waals surface area contributed by atoms with Gasteiger partial charge < -0.3 is 4.90 Å². The van der Waals surface area contributed by atoms with Crippen LogP contribution in [0.3, 0.4) is 0 Å². The van der Waals surface area contributed by atoms with Gasteiger partial charge in [-0.1, -0.05) is 19.3 Å². The number of nitrogens with zero attached hydrogens (tertiary/aromatic N) is 3. The summed E-state index contributed by atoms with van der Waals surface area (Å²) in [6, 6.07) is 0.158. The van der Waals surface area contributed by atoms with Crippen molar-refractivity contribution in [1.82, 2.24) is 14.8 Å². The molecule has 1 heterocycles. The normalized spacial score (nSPS) is 17.7. The van der Waals surface area contributed by atoms with Crippen LogP contribution in [0.15, 0.2) is 0 Å². The van der Waals surface area contributed by atoms with E-state index in [2.05, 4.69) is 10.2 Å². The van der Waals surface area contributed by atoms with Crippen molar-refractivity contribution in [2.45, 2.75) is 44.3 Å². The topological polar surface area (TPSA) is 36.9 Å². The van der Waals surface area contributed by atoms with Crippen LogP contribution in [0.2, 0.25) is 0 Å². The lowest BCUT2D eigenvalue weighted by Gasteiger charge is -2.27. The zero-order chi connectivity index (χ0) is 14.0. The fraction of sp³-hybridized carbons (Fsp3) is 0.818. The van der Waals surface area contributed by atoms with Gasteiger partial charge in [-0.2, -0.15) is 13.2 Å². The lowest BCUT2D eigenvalue weighted by molar-refractivity contribution is -0.119. The number of aromatic amines is 1. The van der Waals surface area contributed by atoms with Crippen LogP contribution in [0.1, 0.15) is 38.1 Å². The summed E-state index contributed by atoms with van der Waals surface area (Å²) in [5.74, 6) is 0.272. The molecule has 1 saturated carbocycles. The zero-order valence-electron chi connectivity index (χ0n) is 10.7. The van der Waals surface area contributed by atoms with Gasteiger partial charge in [0.2, 0.25) is 5.95 Å². The first kappa shape index (κ1) is 14.4. The molecule has 0 saturated heterocycles.